The van der Waals surface area contributed by atoms with Gasteiger partial charge in [0.05, 0.1) is 11.2 Å². The molecule has 0 aliphatic rings. The molecule has 0 amide bonds. The van der Waals surface area contributed by atoms with Crippen molar-refractivity contribution in [2.75, 3.05) is 11.1 Å². The molecule has 0 saturated heterocycles. The number of fused-ring (bicyclic) bond motifs is 1. The first-order valence-electron chi connectivity index (χ1n) is 6.93. The lowest BCUT2D eigenvalue weighted by Gasteiger charge is -2.08. The van der Waals surface area contributed by atoms with Gasteiger partial charge >= 0.3 is 0 Å². The Morgan fingerprint density at radius 1 is 1.29 bits per heavy atom. The molecule has 1 aromatic carbocycles. The summed E-state index contributed by atoms with van der Waals surface area (Å²) in [6.07, 6.45) is 4.50. The molecule has 0 unspecified atom stereocenters. The van der Waals surface area contributed by atoms with Gasteiger partial charge in [0.1, 0.15) is 12.1 Å². The first kappa shape index (κ1) is 13.4. The van der Waals surface area contributed by atoms with Gasteiger partial charge in [0.2, 0.25) is 0 Å². The average Bonchev–Trinajstić information content (AvgIpc) is 2.84. The number of hydrogen-bond acceptors (Lipinski definition) is 5. The molecular weight excluding hydrogens is 264 g/mol. The highest BCUT2D eigenvalue weighted by Crippen LogP contribution is 2.22. The van der Waals surface area contributed by atoms with Crippen molar-refractivity contribution >= 4 is 22.4 Å². The van der Waals surface area contributed by atoms with E-state index in [4.69, 9.17) is 5.73 Å². The number of benzene rings is 1. The summed E-state index contributed by atoms with van der Waals surface area (Å²) in [5.41, 5.74) is 9.62. The van der Waals surface area contributed by atoms with Crippen LogP contribution in [0.5, 0.6) is 0 Å². The highest BCUT2D eigenvalue weighted by molar-refractivity contribution is 5.90. The molecule has 0 spiro atoms. The maximum absolute atomic E-state index is 5.79. The summed E-state index contributed by atoms with van der Waals surface area (Å²) < 4.78 is 1.84. The maximum Gasteiger partial charge on any atom is 0.137 e. The molecule has 0 atom stereocenters. The quantitative estimate of drug-likeness (QED) is 0.716. The van der Waals surface area contributed by atoms with Gasteiger partial charge in [-0.05, 0) is 24.6 Å². The van der Waals surface area contributed by atoms with E-state index >= 15 is 0 Å². The SMILES string of the molecule is CCc1nn(C)cc1CNc1ncnc2cc(N)ccc12. The van der Waals surface area contributed by atoms with E-state index in [1.54, 1.807) is 6.33 Å². The summed E-state index contributed by atoms with van der Waals surface area (Å²) in [4.78, 5) is 8.57. The number of nitrogens with two attached hydrogens (primary N) is 1. The lowest BCUT2D eigenvalue weighted by molar-refractivity contribution is 0.746. The van der Waals surface area contributed by atoms with E-state index in [0.717, 1.165) is 28.8 Å². The van der Waals surface area contributed by atoms with Crippen LogP contribution < -0.4 is 11.1 Å². The Balaban J connectivity index is 1.88. The van der Waals surface area contributed by atoms with E-state index in [1.165, 1.54) is 5.56 Å². The Morgan fingerprint density at radius 2 is 2.14 bits per heavy atom. The van der Waals surface area contributed by atoms with Crippen LogP contribution in [0.4, 0.5) is 11.5 Å². The number of nitrogen functional groups attached to an aromatic ring is 1. The van der Waals surface area contributed by atoms with Crippen LogP contribution >= 0.6 is 0 Å². The van der Waals surface area contributed by atoms with Gasteiger partial charge in [0.25, 0.3) is 0 Å². The molecular formula is C15H18N6. The molecule has 21 heavy (non-hydrogen) atoms. The van der Waals surface area contributed by atoms with Gasteiger partial charge in [-0.1, -0.05) is 6.92 Å². The monoisotopic (exact) mass is 282 g/mol. The first-order chi connectivity index (χ1) is 10.2. The Kier molecular flexibility index (Phi) is 3.43. The molecule has 6 nitrogen and oxygen atoms in total. The summed E-state index contributed by atoms with van der Waals surface area (Å²) in [5.74, 6) is 0.811. The van der Waals surface area contributed by atoms with Gasteiger partial charge in [-0.2, -0.15) is 5.10 Å². The molecule has 3 N–H and O–H groups in total. The maximum atomic E-state index is 5.79. The van der Waals surface area contributed by atoms with Crippen molar-refractivity contribution in [1.82, 2.24) is 19.7 Å². The fraction of sp³-hybridized carbons (Fsp3) is 0.267. The normalized spacial score (nSPS) is 11.0. The van der Waals surface area contributed by atoms with Crippen LogP contribution in [0.25, 0.3) is 10.9 Å². The lowest BCUT2D eigenvalue weighted by Crippen LogP contribution is -2.04. The fourth-order valence-electron chi connectivity index (χ4n) is 2.42. The number of nitrogens with one attached hydrogen (secondary N) is 1. The zero-order valence-electron chi connectivity index (χ0n) is 12.2. The minimum atomic E-state index is 0.688. The van der Waals surface area contributed by atoms with Gasteiger partial charge in [0, 0.05) is 36.4 Å². The van der Waals surface area contributed by atoms with Crippen molar-refractivity contribution in [2.24, 2.45) is 7.05 Å². The largest absolute Gasteiger partial charge is 0.399 e. The molecule has 3 aromatic rings. The molecule has 0 fully saturated rings. The van der Waals surface area contributed by atoms with Crippen molar-refractivity contribution in [3.63, 3.8) is 0 Å². The minimum Gasteiger partial charge on any atom is -0.399 e. The van der Waals surface area contributed by atoms with Crippen LogP contribution in [0.2, 0.25) is 0 Å². The van der Waals surface area contributed by atoms with Crippen molar-refractivity contribution in [3.05, 3.63) is 42.0 Å². The summed E-state index contributed by atoms with van der Waals surface area (Å²) in [6, 6.07) is 5.65. The molecule has 0 saturated carbocycles. The van der Waals surface area contributed by atoms with Crippen LogP contribution in [0, 0.1) is 0 Å². The number of aryl methyl sites for hydroxylation is 2. The van der Waals surface area contributed by atoms with Gasteiger partial charge in [-0.3, -0.25) is 4.68 Å². The summed E-state index contributed by atoms with van der Waals surface area (Å²) in [7, 11) is 1.94. The Bertz CT molecular complexity index is 777. The van der Waals surface area contributed by atoms with E-state index in [9.17, 15) is 0 Å². The molecule has 108 valence electrons. The van der Waals surface area contributed by atoms with Crippen molar-refractivity contribution in [2.45, 2.75) is 19.9 Å². The third-order valence-electron chi connectivity index (χ3n) is 3.43. The Hall–Kier alpha value is -2.63. The topological polar surface area (TPSA) is 81.7 Å². The van der Waals surface area contributed by atoms with Crippen molar-refractivity contribution < 1.29 is 0 Å². The Morgan fingerprint density at radius 3 is 2.95 bits per heavy atom. The molecule has 0 aliphatic heterocycles. The van der Waals surface area contributed by atoms with Crippen LogP contribution in [-0.2, 0) is 20.0 Å². The third kappa shape index (κ3) is 2.65. The standard InChI is InChI=1S/C15H18N6/c1-3-13-10(8-21(2)20-13)7-17-15-12-5-4-11(16)6-14(12)18-9-19-15/h4-6,8-9H,3,7,16H2,1-2H3,(H,17,18,19). The number of aromatic nitrogens is 4. The number of hydrogen-bond donors (Lipinski definition) is 2. The molecule has 6 heteroatoms. The number of nitrogens with zero attached hydrogens (tertiary/aromatic N) is 4. The highest BCUT2D eigenvalue weighted by atomic mass is 15.3. The molecule has 0 bridgehead atoms. The predicted octanol–water partition coefficient (Wildman–Crippen LogP) is 2.12. The molecule has 2 aromatic heterocycles. The van der Waals surface area contributed by atoms with E-state index in [2.05, 4.69) is 27.3 Å². The second-order valence-corrected chi connectivity index (χ2v) is 4.98. The fourth-order valence-corrected chi connectivity index (χ4v) is 2.42. The minimum absolute atomic E-state index is 0.688. The lowest BCUT2D eigenvalue weighted by atomic mass is 10.2. The van der Waals surface area contributed by atoms with Crippen molar-refractivity contribution in [1.29, 1.82) is 0 Å². The number of anilines is 2. The number of rotatable bonds is 4. The van der Waals surface area contributed by atoms with Gasteiger partial charge in [0.15, 0.2) is 0 Å². The first-order valence-corrected chi connectivity index (χ1v) is 6.93. The molecule has 3 rings (SSSR count). The third-order valence-corrected chi connectivity index (χ3v) is 3.43. The Labute approximate surface area is 123 Å². The predicted molar refractivity (Wildman–Crippen MR) is 83.9 cm³/mol. The summed E-state index contributed by atoms with van der Waals surface area (Å²) >= 11 is 0. The van der Waals surface area contributed by atoms with Gasteiger partial charge in [-0.25, -0.2) is 9.97 Å². The van der Waals surface area contributed by atoms with Crippen LogP contribution in [0.15, 0.2) is 30.7 Å². The average molecular weight is 282 g/mol. The second kappa shape index (κ2) is 5.40. The second-order valence-electron chi connectivity index (χ2n) is 4.98. The van der Waals surface area contributed by atoms with Crippen LogP contribution in [-0.4, -0.2) is 19.7 Å². The highest BCUT2D eigenvalue weighted by Gasteiger charge is 2.08. The van der Waals surface area contributed by atoms with Gasteiger partial charge < -0.3 is 11.1 Å². The zero-order chi connectivity index (χ0) is 14.8. The zero-order valence-corrected chi connectivity index (χ0v) is 12.2. The smallest absolute Gasteiger partial charge is 0.137 e. The molecule has 0 aliphatic carbocycles. The van der Waals surface area contributed by atoms with Crippen LogP contribution in [0.3, 0.4) is 0 Å². The summed E-state index contributed by atoms with van der Waals surface area (Å²) in [6.45, 7) is 2.79. The molecule has 0 radical (unpaired) electrons. The van der Waals surface area contributed by atoms with E-state index in [1.807, 2.05) is 36.1 Å². The van der Waals surface area contributed by atoms with E-state index < -0.39 is 0 Å². The molecule has 2 heterocycles. The summed E-state index contributed by atoms with van der Waals surface area (Å²) in [5, 5.41) is 8.78. The van der Waals surface area contributed by atoms with Crippen molar-refractivity contribution in [3.8, 4) is 0 Å². The van der Waals surface area contributed by atoms with Crippen LogP contribution in [0.1, 0.15) is 18.2 Å². The van der Waals surface area contributed by atoms with Gasteiger partial charge in [-0.15, -0.1) is 0 Å². The van der Waals surface area contributed by atoms with E-state index in [0.29, 0.717) is 12.2 Å². The van der Waals surface area contributed by atoms with E-state index in [-0.39, 0.29) is 0 Å².